The summed E-state index contributed by atoms with van der Waals surface area (Å²) in [6.45, 7) is 6.28. The van der Waals surface area contributed by atoms with Crippen molar-refractivity contribution in [2.24, 2.45) is 5.73 Å². The Morgan fingerprint density at radius 2 is 2.07 bits per heavy atom. The lowest BCUT2D eigenvalue weighted by Crippen LogP contribution is -2.43. The maximum atomic E-state index is 11.5. The molecule has 5 heteroatoms. The minimum Gasteiger partial charge on any atom is -0.444 e. The monoisotopic (exact) mass is 222 g/mol. The van der Waals surface area contributed by atoms with Gasteiger partial charge in [0.15, 0.2) is 0 Å². The van der Waals surface area contributed by atoms with Gasteiger partial charge < -0.3 is 10.5 Å². The normalized spacial score (nSPS) is 21.7. The Hall–Kier alpha value is -0.480. The van der Waals surface area contributed by atoms with Crippen molar-refractivity contribution in [2.45, 2.75) is 45.4 Å². The first kappa shape index (κ1) is 13.5. The molecule has 1 atom stereocenters. The molecule has 1 aliphatic rings. The maximum absolute atomic E-state index is 11.5. The molecule has 14 heavy (non-hydrogen) atoms. The molecule has 0 aromatic rings. The number of hydrogen-bond acceptors (Lipinski definition) is 3. The number of halogens is 1. The number of carbonyl (C=O) groups is 1. The summed E-state index contributed by atoms with van der Waals surface area (Å²) in [6, 6.07) is 0. The van der Waals surface area contributed by atoms with E-state index < -0.39 is 5.60 Å². The van der Waals surface area contributed by atoms with Crippen LogP contribution in [-0.4, -0.2) is 29.3 Å². The molecule has 1 heterocycles. The summed E-state index contributed by atoms with van der Waals surface area (Å²) < 4.78 is 5.20. The lowest BCUT2D eigenvalue weighted by atomic mass is 10.2. The van der Waals surface area contributed by atoms with E-state index in [1.165, 1.54) is 0 Å². The molecule has 0 aromatic heterocycles. The Morgan fingerprint density at radius 1 is 1.50 bits per heavy atom. The van der Waals surface area contributed by atoms with Crippen molar-refractivity contribution in [3.63, 3.8) is 0 Å². The summed E-state index contributed by atoms with van der Waals surface area (Å²) in [4.78, 5) is 13.1. The molecule has 0 spiro atoms. The van der Waals surface area contributed by atoms with E-state index in [1.54, 1.807) is 4.90 Å². The molecule has 1 rings (SSSR count). The van der Waals surface area contributed by atoms with Crippen molar-refractivity contribution in [2.75, 3.05) is 6.54 Å². The molecule has 0 radical (unpaired) electrons. The van der Waals surface area contributed by atoms with Gasteiger partial charge in [0, 0.05) is 6.54 Å². The van der Waals surface area contributed by atoms with E-state index in [4.69, 9.17) is 10.5 Å². The molecule has 1 aliphatic heterocycles. The van der Waals surface area contributed by atoms with Gasteiger partial charge in [-0.05, 0) is 33.6 Å². The van der Waals surface area contributed by atoms with Crippen molar-refractivity contribution in [1.29, 1.82) is 0 Å². The van der Waals surface area contributed by atoms with Gasteiger partial charge in [-0.15, -0.1) is 12.4 Å². The predicted molar refractivity (Wildman–Crippen MR) is 57.4 cm³/mol. The van der Waals surface area contributed by atoms with Crippen LogP contribution in [0, 0.1) is 0 Å². The molecule has 0 aliphatic carbocycles. The number of nitrogens with zero attached hydrogens (tertiary/aromatic N) is 1. The minimum absolute atomic E-state index is 0. The highest BCUT2D eigenvalue weighted by Gasteiger charge is 2.29. The van der Waals surface area contributed by atoms with Gasteiger partial charge in [0.05, 0.1) is 6.17 Å². The van der Waals surface area contributed by atoms with Crippen LogP contribution in [0.5, 0.6) is 0 Å². The lowest BCUT2D eigenvalue weighted by Gasteiger charge is -2.26. The fraction of sp³-hybridized carbons (Fsp3) is 0.889. The van der Waals surface area contributed by atoms with Crippen molar-refractivity contribution in [3.05, 3.63) is 0 Å². The summed E-state index contributed by atoms with van der Waals surface area (Å²) in [5, 5.41) is 0. The third-order valence-corrected chi connectivity index (χ3v) is 1.93. The Morgan fingerprint density at radius 3 is 2.43 bits per heavy atom. The predicted octanol–water partition coefficient (Wildman–Crippen LogP) is 1.72. The highest BCUT2D eigenvalue weighted by molar-refractivity contribution is 5.85. The van der Waals surface area contributed by atoms with E-state index in [2.05, 4.69) is 0 Å². The van der Waals surface area contributed by atoms with E-state index in [-0.39, 0.29) is 24.7 Å². The third-order valence-electron chi connectivity index (χ3n) is 1.93. The largest absolute Gasteiger partial charge is 0.444 e. The van der Waals surface area contributed by atoms with Crippen molar-refractivity contribution >= 4 is 18.5 Å². The average Bonchev–Trinajstić information content (AvgIpc) is 2.30. The molecule has 0 aromatic carbocycles. The molecule has 1 amide bonds. The minimum atomic E-state index is -0.431. The SMILES string of the molecule is CC(C)(C)OC(=O)N1CCCC1N.Cl. The highest BCUT2D eigenvalue weighted by atomic mass is 35.5. The molecule has 84 valence electrons. The van der Waals surface area contributed by atoms with E-state index in [1.807, 2.05) is 20.8 Å². The van der Waals surface area contributed by atoms with Gasteiger partial charge in [-0.2, -0.15) is 0 Å². The highest BCUT2D eigenvalue weighted by Crippen LogP contribution is 2.17. The molecule has 1 saturated heterocycles. The molecule has 0 bridgehead atoms. The third kappa shape index (κ3) is 3.72. The number of amides is 1. The second-order valence-corrected chi connectivity index (χ2v) is 4.38. The Kier molecular flexibility index (Phi) is 4.68. The molecular weight excluding hydrogens is 204 g/mol. The van der Waals surface area contributed by atoms with Crippen LogP contribution in [0.4, 0.5) is 4.79 Å². The van der Waals surface area contributed by atoms with Crippen LogP contribution in [0.3, 0.4) is 0 Å². The van der Waals surface area contributed by atoms with Gasteiger partial charge in [-0.25, -0.2) is 4.79 Å². The van der Waals surface area contributed by atoms with Gasteiger partial charge in [0.2, 0.25) is 0 Å². The summed E-state index contributed by atoms with van der Waals surface area (Å²) in [7, 11) is 0. The zero-order valence-corrected chi connectivity index (χ0v) is 9.76. The zero-order valence-electron chi connectivity index (χ0n) is 8.95. The average molecular weight is 223 g/mol. The zero-order chi connectivity index (χ0) is 10.1. The Labute approximate surface area is 91.2 Å². The van der Waals surface area contributed by atoms with Crippen LogP contribution < -0.4 is 5.73 Å². The molecule has 2 N–H and O–H groups in total. The number of carbonyl (C=O) groups excluding carboxylic acids is 1. The fourth-order valence-electron chi connectivity index (χ4n) is 1.34. The molecule has 1 unspecified atom stereocenters. The standard InChI is InChI=1S/C9H18N2O2.ClH/c1-9(2,3)13-8(12)11-6-4-5-7(11)10;/h7H,4-6,10H2,1-3H3;1H. The molecule has 1 fully saturated rings. The van der Waals surface area contributed by atoms with Crippen LogP contribution in [-0.2, 0) is 4.74 Å². The summed E-state index contributed by atoms with van der Waals surface area (Å²) in [5.41, 5.74) is 5.29. The van der Waals surface area contributed by atoms with Gasteiger partial charge in [0.1, 0.15) is 5.60 Å². The molecule has 0 saturated carbocycles. The Bertz CT molecular complexity index is 203. The first-order chi connectivity index (χ1) is 5.90. The van der Waals surface area contributed by atoms with Crippen molar-refractivity contribution in [1.82, 2.24) is 4.90 Å². The summed E-state index contributed by atoms with van der Waals surface area (Å²) >= 11 is 0. The van der Waals surface area contributed by atoms with E-state index in [0.717, 1.165) is 19.4 Å². The summed E-state index contributed by atoms with van der Waals surface area (Å²) in [5.74, 6) is 0. The molecular formula is C9H19ClN2O2. The van der Waals surface area contributed by atoms with Gasteiger partial charge in [-0.1, -0.05) is 0 Å². The van der Waals surface area contributed by atoms with Gasteiger partial charge in [-0.3, -0.25) is 4.90 Å². The maximum Gasteiger partial charge on any atom is 0.411 e. The number of hydrogen-bond donors (Lipinski definition) is 1. The van der Waals surface area contributed by atoms with Gasteiger partial charge >= 0.3 is 6.09 Å². The number of ether oxygens (including phenoxy) is 1. The Balaban J connectivity index is 0.00000169. The number of rotatable bonds is 0. The second-order valence-electron chi connectivity index (χ2n) is 4.38. The van der Waals surface area contributed by atoms with Gasteiger partial charge in [0.25, 0.3) is 0 Å². The lowest BCUT2D eigenvalue weighted by molar-refractivity contribution is 0.0231. The van der Waals surface area contributed by atoms with Crippen molar-refractivity contribution < 1.29 is 9.53 Å². The summed E-state index contributed by atoms with van der Waals surface area (Å²) in [6.07, 6.45) is 1.40. The first-order valence-corrected chi connectivity index (χ1v) is 4.65. The van der Waals surface area contributed by atoms with E-state index >= 15 is 0 Å². The first-order valence-electron chi connectivity index (χ1n) is 4.65. The van der Waals surface area contributed by atoms with Crippen LogP contribution in [0.1, 0.15) is 33.6 Å². The van der Waals surface area contributed by atoms with E-state index in [9.17, 15) is 4.79 Å². The molecule has 4 nitrogen and oxygen atoms in total. The second kappa shape index (κ2) is 4.84. The topological polar surface area (TPSA) is 55.6 Å². The van der Waals surface area contributed by atoms with Crippen LogP contribution >= 0.6 is 12.4 Å². The van der Waals surface area contributed by atoms with Crippen LogP contribution in [0.15, 0.2) is 0 Å². The van der Waals surface area contributed by atoms with Crippen molar-refractivity contribution in [3.8, 4) is 0 Å². The van der Waals surface area contributed by atoms with Crippen LogP contribution in [0.2, 0.25) is 0 Å². The quantitative estimate of drug-likeness (QED) is 0.679. The van der Waals surface area contributed by atoms with Crippen LogP contribution in [0.25, 0.3) is 0 Å². The number of nitrogens with two attached hydrogens (primary N) is 1. The van der Waals surface area contributed by atoms with E-state index in [0.29, 0.717) is 0 Å². The number of likely N-dealkylation sites (tertiary alicyclic amines) is 1. The fourth-order valence-corrected chi connectivity index (χ4v) is 1.34. The smallest absolute Gasteiger partial charge is 0.411 e.